The number of hydrogen-bond donors (Lipinski definition) is 2. The zero-order valence-electron chi connectivity index (χ0n) is 17.4. The first-order chi connectivity index (χ1) is 15.2. The Morgan fingerprint density at radius 2 is 2.06 bits per heavy atom. The molecule has 1 fully saturated rings. The Hall–Kier alpha value is -2.44. The van der Waals surface area contributed by atoms with E-state index in [-0.39, 0.29) is 12.1 Å². The fraction of sp³-hybridized carbons (Fsp3) is 0.440. The van der Waals surface area contributed by atoms with Crippen LogP contribution < -0.4 is 15.8 Å². The van der Waals surface area contributed by atoms with Gasteiger partial charge in [-0.2, -0.15) is 0 Å². The van der Waals surface area contributed by atoms with Gasteiger partial charge >= 0.3 is 5.97 Å². The van der Waals surface area contributed by atoms with Crippen molar-refractivity contribution < 1.29 is 14.6 Å². The Morgan fingerprint density at radius 3 is 2.90 bits per heavy atom. The maximum absolute atomic E-state index is 12.5. The number of fused-ring (bicyclic) bond motifs is 2. The van der Waals surface area contributed by atoms with Gasteiger partial charge in [0.05, 0.1) is 10.4 Å². The molecule has 1 aromatic heterocycles. The summed E-state index contributed by atoms with van der Waals surface area (Å²) in [4.78, 5) is 18.1. The molecule has 6 bridgehead atoms. The molecular weight excluding hydrogens is 408 g/mol. The number of benzene rings is 1. The van der Waals surface area contributed by atoms with E-state index >= 15 is 0 Å². The Kier molecular flexibility index (Phi) is 4.73. The quantitative estimate of drug-likeness (QED) is 0.774. The summed E-state index contributed by atoms with van der Waals surface area (Å²) in [5.41, 5.74) is 4.06. The minimum atomic E-state index is -0.860. The van der Waals surface area contributed by atoms with Crippen LogP contribution in [0.4, 0.5) is 5.00 Å². The van der Waals surface area contributed by atoms with E-state index in [2.05, 4.69) is 28.5 Å². The van der Waals surface area contributed by atoms with Crippen LogP contribution in [0.2, 0.25) is 0 Å². The summed E-state index contributed by atoms with van der Waals surface area (Å²) in [5, 5.41) is 16.9. The summed E-state index contributed by atoms with van der Waals surface area (Å²) in [6.07, 6.45) is 13.1. The molecule has 0 amide bonds. The molecular formula is C25H26N2O3S. The fourth-order valence-electron chi connectivity index (χ4n) is 5.69. The number of carbonyl (C=O) groups is 1. The second-order valence-electron chi connectivity index (χ2n) is 9.19. The highest BCUT2D eigenvalue weighted by Gasteiger charge is 2.33. The minimum absolute atomic E-state index is 0.117. The average Bonchev–Trinajstić information content (AvgIpc) is 3.20. The first kappa shape index (κ1) is 19.3. The number of carboxylic acid groups (broad SMARTS) is 1. The van der Waals surface area contributed by atoms with Crippen LogP contribution in [0, 0.1) is 5.92 Å². The van der Waals surface area contributed by atoms with E-state index in [0.29, 0.717) is 16.5 Å². The van der Waals surface area contributed by atoms with Crippen molar-refractivity contribution in [2.24, 2.45) is 10.9 Å². The molecule has 3 atom stereocenters. The van der Waals surface area contributed by atoms with Gasteiger partial charge in [0, 0.05) is 19.0 Å². The van der Waals surface area contributed by atoms with Gasteiger partial charge in [-0.1, -0.05) is 12.1 Å². The van der Waals surface area contributed by atoms with Gasteiger partial charge in [-0.25, -0.2) is 4.79 Å². The van der Waals surface area contributed by atoms with Crippen LogP contribution in [0.5, 0.6) is 0 Å². The van der Waals surface area contributed by atoms with Gasteiger partial charge in [-0.05, 0) is 90.0 Å². The highest BCUT2D eigenvalue weighted by molar-refractivity contribution is 7.18. The number of hydrogen-bond acceptors (Lipinski definition) is 5. The standard InChI is InChI=1S/C25H26N2O3S/c28-25(29)23-22-18-8-14-4-5-15-9-17(10-18)19(11-16(15)7-14)12-26-13-20(22)31-24(23)27-21-3-1-2-6-30-21/h5,9,11-14,18,21,27H,1-4,6-8,10H2,(H,28,29)/b19-12-,26-13-. The Bertz CT molecular complexity index is 1210. The van der Waals surface area contributed by atoms with Gasteiger partial charge in [-0.3, -0.25) is 4.99 Å². The molecule has 2 aliphatic heterocycles. The van der Waals surface area contributed by atoms with Gasteiger partial charge in [-0.15, -0.1) is 11.3 Å². The summed E-state index contributed by atoms with van der Waals surface area (Å²) in [6.45, 7) is 0.726. The van der Waals surface area contributed by atoms with E-state index in [1.165, 1.54) is 32.9 Å². The van der Waals surface area contributed by atoms with E-state index in [1.54, 1.807) is 0 Å². The lowest BCUT2D eigenvalue weighted by atomic mass is 9.80. The van der Waals surface area contributed by atoms with Gasteiger partial charge in [0.1, 0.15) is 11.2 Å². The number of thiophene rings is 1. The highest BCUT2D eigenvalue weighted by atomic mass is 32.1. The molecule has 4 aliphatic carbocycles. The monoisotopic (exact) mass is 434 g/mol. The maximum atomic E-state index is 12.5. The summed E-state index contributed by atoms with van der Waals surface area (Å²) >= 11 is 1.51. The summed E-state index contributed by atoms with van der Waals surface area (Å²) in [5.74, 6) is -0.139. The predicted molar refractivity (Wildman–Crippen MR) is 124 cm³/mol. The largest absolute Gasteiger partial charge is 0.478 e. The number of anilines is 1. The number of carboxylic acids is 1. The molecule has 5 nitrogen and oxygen atoms in total. The molecule has 31 heavy (non-hydrogen) atoms. The molecule has 1 aromatic carbocycles. The summed E-state index contributed by atoms with van der Waals surface area (Å²) < 4.78 is 5.85. The van der Waals surface area contributed by atoms with Crippen molar-refractivity contribution in [3.8, 4) is 0 Å². The molecule has 8 rings (SSSR count). The van der Waals surface area contributed by atoms with Crippen molar-refractivity contribution in [1.29, 1.82) is 0 Å². The molecule has 6 aliphatic rings. The normalized spacial score (nSPS) is 28.0. The molecule has 0 radical (unpaired) electrons. The number of aromatic carboxylic acids is 1. The molecule has 3 heterocycles. The van der Waals surface area contributed by atoms with Crippen molar-refractivity contribution in [2.75, 3.05) is 11.9 Å². The Morgan fingerprint density at radius 1 is 1.19 bits per heavy atom. The van der Waals surface area contributed by atoms with Gasteiger partial charge < -0.3 is 15.2 Å². The van der Waals surface area contributed by atoms with E-state index in [9.17, 15) is 9.90 Å². The van der Waals surface area contributed by atoms with Crippen molar-refractivity contribution in [3.63, 3.8) is 0 Å². The summed E-state index contributed by atoms with van der Waals surface area (Å²) in [7, 11) is 0. The molecule has 160 valence electrons. The number of nitrogens with zero attached hydrogens (tertiary/aromatic N) is 1. The van der Waals surface area contributed by atoms with Crippen molar-refractivity contribution in [1.82, 2.24) is 0 Å². The van der Waals surface area contributed by atoms with Gasteiger partial charge in [0.2, 0.25) is 0 Å². The molecule has 1 saturated heterocycles. The number of rotatable bonds is 3. The molecule has 2 N–H and O–H groups in total. The third-order valence-electron chi connectivity index (χ3n) is 7.14. The van der Waals surface area contributed by atoms with Crippen LogP contribution in [-0.4, -0.2) is 30.1 Å². The highest BCUT2D eigenvalue weighted by Crippen LogP contribution is 2.43. The number of nitrogens with one attached hydrogen (secondary N) is 1. The summed E-state index contributed by atoms with van der Waals surface area (Å²) in [6, 6.07) is 4.62. The van der Waals surface area contributed by atoms with Crippen molar-refractivity contribution in [3.05, 3.63) is 49.7 Å². The molecule has 3 unspecified atom stereocenters. The van der Waals surface area contributed by atoms with Crippen LogP contribution in [0.25, 0.3) is 12.3 Å². The predicted octanol–water partition coefficient (Wildman–Crippen LogP) is 3.63. The number of aliphatic imine (C=N–C) groups is 1. The van der Waals surface area contributed by atoms with Crippen LogP contribution in [0.3, 0.4) is 0 Å². The first-order valence-electron chi connectivity index (χ1n) is 11.3. The molecule has 0 saturated carbocycles. The van der Waals surface area contributed by atoms with Crippen molar-refractivity contribution in [2.45, 2.75) is 57.1 Å². The second kappa shape index (κ2) is 7.61. The van der Waals surface area contributed by atoms with Crippen LogP contribution in [0.1, 0.15) is 69.9 Å². The maximum Gasteiger partial charge on any atom is 0.339 e. The van der Waals surface area contributed by atoms with E-state index < -0.39 is 5.97 Å². The van der Waals surface area contributed by atoms with Gasteiger partial charge in [0.15, 0.2) is 0 Å². The topological polar surface area (TPSA) is 70.9 Å². The zero-order chi connectivity index (χ0) is 20.9. The zero-order valence-corrected chi connectivity index (χ0v) is 18.2. The first-order valence-corrected chi connectivity index (χ1v) is 12.1. The van der Waals surface area contributed by atoms with E-state index in [0.717, 1.165) is 62.0 Å². The van der Waals surface area contributed by atoms with Crippen molar-refractivity contribution >= 4 is 40.8 Å². The lowest BCUT2D eigenvalue weighted by Crippen LogP contribution is -2.27. The second-order valence-corrected chi connectivity index (χ2v) is 10.2. The Labute approximate surface area is 185 Å². The lowest BCUT2D eigenvalue weighted by molar-refractivity contribution is 0.0344. The SMILES string of the molecule is O=C(O)c1c(NC2CCCCO2)sc2c1C1Cc3cc4c(c/c3=C/N=C\2)CC(CC=4)C1. The smallest absolute Gasteiger partial charge is 0.339 e. The van der Waals surface area contributed by atoms with E-state index in [1.807, 2.05) is 12.4 Å². The third-order valence-corrected chi connectivity index (χ3v) is 8.21. The van der Waals surface area contributed by atoms with Gasteiger partial charge in [0.25, 0.3) is 0 Å². The van der Waals surface area contributed by atoms with Crippen LogP contribution >= 0.6 is 11.3 Å². The molecule has 0 spiro atoms. The van der Waals surface area contributed by atoms with Crippen LogP contribution in [0.15, 0.2) is 17.1 Å². The third kappa shape index (κ3) is 3.42. The fourth-order valence-corrected chi connectivity index (χ4v) is 6.89. The molecule has 2 aromatic rings. The molecule has 6 heteroatoms. The average molecular weight is 435 g/mol. The van der Waals surface area contributed by atoms with E-state index in [4.69, 9.17) is 4.74 Å². The Balaban J connectivity index is 1.50. The minimum Gasteiger partial charge on any atom is -0.478 e. The van der Waals surface area contributed by atoms with Crippen LogP contribution in [-0.2, 0) is 17.6 Å². The lowest BCUT2D eigenvalue weighted by Gasteiger charge is -2.25. The number of ether oxygens (including phenoxy) is 1.